The third-order valence-corrected chi connectivity index (χ3v) is 4.02. The molecule has 2 aromatic rings. The number of carbonyl (C=O) groups excluding carboxylic acids is 1. The average Bonchev–Trinajstić information content (AvgIpc) is 2.98. The molecule has 0 spiro atoms. The number of hydrogen-bond acceptors (Lipinski definition) is 5. The van der Waals surface area contributed by atoms with Gasteiger partial charge in [0, 0.05) is 13.1 Å². The van der Waals surface area contributed by atoms with Crippen molar-refractivity contribution in [3.8, 4) is 10.8 Å². The lowest BCUT2D eigenvalue weighted by atomic mass is 10.2. The quantitative estimate of drug-likeness (QED) is 0.777. The van der Waals surface area contributed by atoms with Crippen LogP contribution >= 0.6 is 11.3 Å². The fraction of sp³-hybridized carbons (Fsp3) is 0.375. The number of benzene rings is 1. The number of nitrogens with zero attached hydrogens (tertiary/aromatic N) is 2. The Balaban J connectivity index is 2.03. The van der Waals surface area contributed by atoms with Crippen molar-refractivity contribution in [1.82, 2.24) is 9.88 Å². The number of aliphatic hydroxyl groups is 1. The van der Waals surface area contributed by atoms with Crippen molar-refractivity contribution in [3.05, 3.63) is 36.0 Å². The number of carbonyl (C=O) groups is 1. The van der Waals surface area contributed by atoms with Crippen LogP contribution in [-0.2, 0) is 6.18 Å². The summed E-state index contributed by atoms with van der Waals surface area (Å²) >= 11 is 0.980. The summed E-state index contributed by atoms with van der Waals surface area (Å²) in [5.74, 6) is 0.0191. The van der Waals surface area contributed by atoms with E-state index in [9.17, 15) is 23.1 Å². The molecule has 1 atom stereocenters. The van der Waals surface area contributed by atoms with Crippen molar-refractivity contribution >= 4 is 22.5 Å². The lowest BCUT2D eigenvalue weighted by molar-refractivity contribution is -0.137. The molecule has 1 aromatic heterocycles. The molecule has 1 heterocycles. The van der Waals surface area contributed by atoms with Gasteiger partial charge in [0.05, 0.1) is 17.9 Å². The second-order valence-electron chi connectivity index (χ2n) is 5.43. The number of urea groups is 1. The molecule has 142 valence electrons. The Hall–Kier alpha value is -2.33. The minimum atomic E-state index is -4.46. The maximum atomic E-state index is 12.7. The highest BCUT2D eigenvalue weighted by molar-refractivity contribution is 7.17. The summed E-state index contributed by atoms with van der Waals surface area (Å²) in [5, 5.41) is 12.4. The average molecular weight is 389 g/mol. The number of amides is 2. The minimum Gasteiger partial charge on any atom is -0.445 e. The second kappa shape index (κ2) is 8.37. The molecule has 0 radical (unpaired) electrons. The topological polar surface area (TPSA) is 74.7 Å². The van der Waals surface area contributed by atoms with E-state index in [0.717, 1.165) is 23.5 Å². The van der Waals surface area contributed by atoms with Crippen molar-refractivity contribution in [2.45, 2.75) is 26.1 Å². The molecule has 2 rings (SSSR count). The molecular weight excluding hydrogens is 371 g/mol. The highest BCUT2D eigenvalue weighted by Gasteiger charge is 2.30. The van der Waals surface area contributed by atoms with Gasteiger partial charge in [0.2, 0.25) is 5.06 Å². The molecule has 0 fully saturated rings. The van der Waals surface area contributed by atoms with Gasteiger partial charge in [0.1, 0.15) is 5.75 Å². The SMILES string of the molecule is CCN(C[C@H](C)O)C(=O)Nc1ncc(Oc2cccc(C(F)(F)F)c2)s1. The lowest BCUT2D eigenvalue weighted by Gasteiger charge is -2.21. The van der Waals surface area contributed by atoms with E-state index in [2.05, 4.69) is 10.3 Å². The molecule has 0 aliphatic rings. The number of alkyl halides is 3. The summed E-state index contributed by atoms with van der Waals surface area (Å²) in [4.78, 5) is 17.5. The monoisotopic (exact) mass is 389 g/mol. The van der Waals surface area contributed by atoms with Gasteiger partial charge >= 0.3 is 12.2 Å². The van der Waals surface area contributed by atoms with Gasteiger partial charge < -0.3 is 14.7 Å². The fourth-order valence-electron chi connectivity index (χ4n) is 2.06. The summed E-state index contributed by atoms with van der Waals surface area (Å²) in [6.07, 6.45) is -3.82. The van der Waals surface area contributed by atoms with E-state index in [-0.39, 0.29) is 22.5 Å². The second-order valence-corrected chi connectivity index (χ2v) is 6.42. The van der Waals surface area contributed by atoms with E-state index >= 15 is 0 Å². The molecular formula is C16H18F3N3O3S. The number of hydrogen-bond donors (Lipinski definition) is 2. The number of halogens is 3. The van der Waals surface area contributed by atoms with Crippen LogP contribution < -0.4 is 10.1 Å². The predicted octanol–water partition coefficient (Wildman–Crippen LogP) is 4.19. The van der Waals surface area contributed by atoms with E-state index in [1.54, 1.807) is 13.8 Å². The van der Waals surface area contributed by atoms with Gasteiger partial charge in [-0.25, -0.2) is 9.78 Å². The predicted molar refractivity (Wildman–Crippen MR) is 91.6 cm³/mol. The van der Waals surface area contributed by atoms with Gasteiger partial charge in [-0.2, -0.15) is 13.2 Å². The van der Waals surface area contributed by atoms with E-state index in [0.29, 0.717) is 6.54 Å². The zero-order valence-electron chi connectivity index (χ0n) is 14.1. The molecule has 26 heavy (non-hydrogen) atoms. The maximum absolute atomic E-state index is 12.7. The summed E-state index contributed by atoms with van der Waals surface area (Å²) in [7, 11) is 0. The van der Waals surface area contributed by atoms with Crippen LogP contribution in [0.4, 0.5) is 23.1 Å². The van der Waals surface area contributed by atoms with E-state index in [1.807, 2.05) is 0 Å². The zero-order chi connectivity index (χ0) is 19.3. The molecule has 0 saturated carbocycles. The largest absolute Gasteiger partial charge is 0.445 e. The van der Waals surface area contributed by atoms with Crippen LogP contribution in [0.1, 0.15) is 19.4 Å². The third kappa shape index (κ3) is 5.60. The number of thiazole rings is 1. The molecule has 0 bridgehead atoms. The van der Waals surface area contributed by atoms with Gasteiger partial charge in [0.15, 0.2) is 5.13 Å². The zero-order valence-corrected chi connectivity index (χ0v) is 14.9. The Kier molecular flexibility index (Phi) is 6.43. The van der Waals surface area contributed by atoms with Crippen LogP contribution in [0, 0.1) is 0 Å². The van der Waals surface area contributed by atoms with Gasteiger partial charge in [-0.3, -0.25) is 5.32 Å². The van der Waals surface area contributed by atoms with Gasteiger partial charge in [-0.15, -0.1) is 0 Å². The minimum absolute atomic E-state index is 0.0191. The molecule has 0 unspecified atom stereocenters. The van der Waals surface area contributed by atoms with Crippen LogP contribution in [0.5, 0.6) is 10.8 Å². The number of likely N-dealkylation sites (N-methyl/N-ethyl adjacent to an activating group) is 1. The van der Waals surface area contributed by atoms with Gasteiger partial charge in [-0.1, -0.05) is 17.4 Å². The smallest absolute Gasteiger partial charge is 0.416 e. The Morgan fingerprint density at radius 3 is 2.81 bits per heavy atom. The van der Waals surface area contributed by atoms with Crippen molar-refractivity contribution in [3.63, 3.8) is 0 Å². The molecule has 1 aromatic carbocycles. The molecule has 2 N–H and O–H groups in total. The van der Waals surface area contributed by atoms with Crippen LogP contribution in [0.3, 0.4) is 0 Å². The number of anilines is 1. The first-order valence-electron chi connectivity index (χ1n) is 7.74. The van der Waals surface area contributed by atoms with E-state index in [4.69, 9.17) is 4.74 Å². The number of aromatic nitrogens is 1. The summed E-state index contributed by atoms with van der Waals surface area (Å²) in [5.41, 5.74) is -0.815. The normalized spacial score (nSPS) is 12.5. The maximum Gasteiger partial charge on any atom is 0.416 e. The molecule has 10 heteroatoms. The van der Waals surface area contributed by atoms with Gasteiger partial charge in [0.25, 0.3) is 0 Å². The first-order valence-corrected chi connectivity index (χ1v) is 8.55. The van der Waals surface area contributed by atoms with Crippen molar-refractivity contribution < 1.29 is 27.8 Å². The Morgan fingerprint density at radius 2 is 2.19 bits per heavy atom. The van der Waals surface area contributed by atoms with Crippen LogP contribution in [0.2, 0.25) is 0 Å². The van der Waals surface area contributed by atoms with Crippen molar-refractivity contribution in [1.29, 1.82) is 0 Å². The van der Waals surface area contributed by atoms with Crippen molar-refractivity contribution in [2.75, 3.05) is 18.4 Å². The Labute approximate surface area is 152 Å². The molecule has 0 saturated heterocycles. The molecule has 0 aliphatic heterocycles. The van der Waals surface area contributed by atoms with Crippen LogP contribution in [0.15, 0.2) is 30.5 Å². The summed E-state index contributed by atoms with van der Waals surface area (Å²) in [6.45, 7) is 3.91. The van der Waals surface area contributed by atoms with Gasteiger partial charge in [-0.05, 0) is 32.0 Å². The summed E-state index contributed by atoms with van der Waals surface area (Å²) < 4.78 is 43.5. The molecule has 2 amide bonds. The fourth-order valence-corrected chi connectivity index (χ4v) is 2.74. The van der Waals surface area contributed by atoms with Crippen LogP contribution in [0.25, 0.3) is 0 Å². The number of ether oxygens (including phenoxy) is 1. The highest BCUT2D eigenvalue weighted by Crippen LogP contribution is 2.34. The van der Waals surface area contributed by atoms with Crippen LogP contribution in [-0.4, -0.2) is 40.2 Å². The Morgan fingerprint density at radius 1 is 1.46 bits per heavy atom. The van der Waals surface area contributed by atoms with E-state index in [1.165, 1.54) is 23.2 Å². The first-order chi connectivity index (χ1) is 12.2. The molecule has 6 nitrogen and oxygen atoms in total. The molecule has 0 aliphatic carbocycles. The summed E-state index contributed by atoms with van der Waals surface area (Å²) in [6, 6.07) is 4.05. The number of nitrogens with one attached hydrogen (secondary N) is 1. The third-order valence-electron chi connectivity index (χ3n) is 3.23. The number of rotatable bonds is 6. The highest BCUT2D eigenvalue weighted by atomic mass is 32.1. The Bertz CT molecular complexity index is 750. The van der Waals surface area contributed by atoms with Crippen molar-refractivity contribution in [2.24, 2.45) is 0 Å². The number of aliphatic hydroxyl groups excluding tert-OH is 1. The standard InChI is InChI=1S/C16H18F3N3O3S/c1-3-22(9-10(2)23)15(24)21-14-20-8-13(26-14)25-12-6-4-5-11(7-12)16(17,18)19/h4-8,10,23H,3,9H2,1-2H3,(H,20,21,24)/t10-/m0/s1. The first kappa shape index (κ1) is 20.0. The lowest BCUT2D eigenvalue weighted by Crippen LogP contribution is -2.39. The van der Waals surface area contributed by atoms with E-state index < -0.39 is 23.9 Å².